The molecule has 0 bridgehead atoms. The van der Waals surface area contributed by atoms with Gasteiger partial charge in [0.2, 0.25) is 0 Å². The maximum atomic E-state index is 12.2. The fourth-order valence-corrected chi connectivity index (χ4v) is 2.46. The molecule has 1 saturated carbocycles. The van der Waals surface area contributed by atoms with E-state index in [-0.39, 0.29) is 11.6 Å². The molecule has 0 heterocycles. The maximum absolute atomic E-state index is 12.2. The zero-order valence-electron chi connectivity index (χ0n) is 11.5. The number of hydrogen-bond donors (Lipinski definition) is 2. The first-order valence-electron chi connectivity index (χ1n) is 6.79. The predicted molar refractivity (Wildman–Crippen MR) is 70.9 cm³/mol. The zero-order chi connectivity index (χ0) is 12.9. The number of nitrogens with two attached hydrogens (primary N) is 1. The fourth-order valence-electron chi connectivity index (χ4n) is 2.46. The normalized spacial score (nSPS) is 17.9. The molecular formula is C13H27N3O. The van der Waals surface area contributed by atoms with Crippen molar-refractivity contribution in [2.75, 3.05) is 13.1 Å². The van der Waals surface area contributed by atoms with Crippen molar-refractivity contribution in [2.24, 2.45) is 5.73 Å². The third-order valence-corrected chi connectivity index (χ3v) is 3.72. The highest BCUT2D eigenvalue weighted by molar-refractivity contribution is 5.75. The van der Waals surface area contributed by atoms with Crippen molar-refractivity contribution in [2.45, 2.75) is 64.5 Å². The summed E-state index contributed by atoms with van der Waals surface area (Å²) in [6.45, 7) is 7.20. The highest BCUT2D eigenvalue weighted by Gasteiger charge is 2.29. The Balaban J connectivity index is 2.54. The number of urea groups is 1. The smallest absolute Gasteiger partial charge is 0.318 e. The minimum Gasteiger partial charge on any atom is -0.335 e. The minimum absolute atomic E-state index is 0.0369. The van der Waals surface area contributed by atoms with Crippen LogP contribution in [0, 0.1) is 0 Å². The van der Waals surface area contributed by atoms with E-state index in [0.29, 0.717) is 19.1 Å². The van der Waals surface area contributed by atoms with Crippen LogP contribution < -0.4 is 11.1 Å². The molecule has 0 aromatic heterocycles. The molecule has 0 radical (unpaired) electrons. The molecule has 0 aliphatic heterocycles. The maximum Gasteiger partial charge on any atom is 0.318 e. The van der Waals surface area contributed by atoms with Crippen molar-refractivity contribution in [3.05, 3.63) is 0 Å². The van der Waals surface area contributed by atoms with Gasteiger partial charge in [-0.15, -0.1) is 0 Å². The summed E-state index contributed by atoms with van der Waals surface area (Å²) in [5.74, 6) is 0. The van der Waals surface area contributed by atoms with Crippen molar-refractivity contribution in [3.63, 3.8) is 0 Å². The second-order valence-corrected chi connectivity index (χ2v) is 5.55. The van der Waals surface area contributed by atoms with Crippen LogP contribution in [-0.4, -0.2) is 35.6 Å². The van der Waals surface area contributed by atoms with Crippen molar-refractivity contribution in [1.29, 1.82) is 0 Å². The summed E-state index contributed by atoms with van der Waals surface area (Å²) >= 11 is 0. The lowest BCUT2D eigenvalue weighted by Crippen LogP contribution is -2.57. The highest BCUT2D eigenvalue weighted by atomic mass is 16.2. The van der Waals surface area contributed by atoms with Crippen LogP contribution in [0.4, 0.5) is 4.79 Å². The molecular weight excluding hydrogens is 214 g/mol. The average molecular weight is 241 g/mol. The molecule has 1 rings (SSSR count). The Hall–Kier alpha value is -0.770. The molecule has 0 saturated heterocycles. The van der Waals surface area contributed by atoms with Gasteiger partial charge in [0.15, 0.2) is 0 Å². The molecule has 100 valence electrons. The summed E-state index contributed by atoms with van der Waals surface area (Å²) < 4.78 is 0. The van der Waals surface area contributed by atoms with Crippen LogP contribution in [0.3, 0.4) is 0 Å². The molecule has 4 heteroatoms. The summed E-state index contributed by atoms with van der Waals surface area (Å²) in [6.07, 6.45) is 6.01. The van der Waals surface area contributed by atoms with Crippen molar-refractivity contribution in [3.8, 4) is 0 Å². The Morgan fingerprint density at radius 1 is 1.35 bits per heavy atom. The van der Waals surface area contributed by atoms with Crippen molar-refractivity contribution < 1.29 is 4.79 Å². The van der Waals surface area contributed by atoms with E-state index in [1.807, 2.05) is 25.7 Å². The van der Waals surface area contributed by atoms with E-state index in [1.54, 1.807) is 0 Å². The molecule has 2 amide bonds. The summed E-state index contributed by atoms with van der Waals surface area (Å²) in [5, 5.41) is 3.14. The van der Waals surface area contributed by atoms with E-state index in [4.69, 9.17) is 5.73 Å². The van der Waals surface area contributed by atoms with E-state index in [2.05, 4.69) is 5.32 Å². The van der Waals surface area contributed by atoms with Gasteiger partial charge >= 0.3 is 6.03 Å². The standard InChI is InChI=1S/C13H27N3O/c1-4-16(13(2,3)10-14)12(17)15-11-8-6-5-7-9-11/h11H,4-10,14H2,1-3H3,(H,15,17). The number of amides is 2. The Morgan fingerprint density at radius 2 is 1.94 bits per heavy atom. The molecule has 4 nitrogen and oxygen atoms in total. The van der Waals surface area contributed by atoms with E-state index in [1.165, 1.54) is 19.3 Å². The average Bonchev–Trinajstić information content (AvgIpc) is 2.30. The number of carbonyl (C=O) groups is 1. The van der Waals surface area contributed by atoms with E-state index in [0.717, 1.165) is 12.8 Å². The van der Waals surface area contributed by atoms with Crippen molar-refractivity contribution in [1.82, 2.24) is 10.2 Å². The second kappa shape index (κ2) is 6.24. The lowest BCUT2D eigenvalue weighted by Gasteiger charge is -2.38. The Labute approximate surface area is 105 Å². The number of hydrogen-bond acceptors (Lipinski definition) is 2. The van der Waals surface area contributed by atoms with E-state index >= 15 is 0 Å². The van der Waals surface area contributed by atoms with Crippen LogP contribution in [0.5, 0.6) is 0 Å². The molecule has 1 aliphatic carbocycles. The Morgan fingerprint density at radius 3 is 2.41 bits per heavy atom. The number of rotatable bonds is 4. The molecule has 0 aromatic carbocycles. The monoisotopic (exact) mass is 241 g/mol. The first kappa shape index (κ1) is 14.3. The first-order chi connectivity index (χ1) is 8.01. The number of likely N-dealkylation sites (N-methyl/N-ethyl adjacent to an activating group) is 1. The highest BCUT2D eigenvalue weighted by Crippen LogP contribution is 2.19. The second-order valence-electron chi connectivity index (χ2n) is 5.55. The molecule has 0 unspecified atom stereocenters. The van der Waals surface area contributed by atoms with Gasteiger partial charge in [-0.1, -0.05) is 19.3 Å². The number of carbonyl (C=O) groups excluding carboxylic acids is 1. The summed E-state index contributed by atoms with van der Waals surface area (Å²) in [6, 6.07) is 0.397. The van der Waals surface area contributed by atoms with Crippen LogP contribution >= 0.6 is 0 Å². The molecule has 1 aliphatic rings. The molecule has 17 heavy (non-hydrogen) atoms. The van der Waals surface area contributed by atoms with Crippen LogP contribution in [0.1, 0.15) is 52.9 Å². The SMILES string of the molecule is CCN(C(=O)NC1CCCCC1)C(C)(C)CN. The molecule has 0 atom stereocenters. The third-order valence-electron chi connectivity index (χ3n) is 3.72. The van der Waals surface area contributed by atoms with Gasteiger partial charge in [0.1, 0.15) is 0 Å². The molecule has 0 aromatic rings. The Bertz CT molecular complexity index is 247. The van der Waals surface area contributed by atoms with Crippen LogP contribution in [-0.2, 0) is 0 Å². The van der Waals surface area contributed by atoms with E-state index < -0.39 is 0 Å². The summed E-state index contributed by atoms with van der Waals surface area (Å²) in [7, 11) is 0. The van der Waals surface area contributed by atoms with Gasteiger partial charge in [0.05, 0.1) is 5.54 Å². The van der Waals surface area contributed by atoms with Crippen molar-refractivity contribution >= 4 is 6.03 Å². The van der Waals surface area contributed by atoms with Crippen LogP contribution in [0.2, 0.25) is 0 Å². The molecule has 0 spiro atoms. The van der Waals surface area contributed by atoms with E-state index in [9.17, 15) is 4.79 Å². The fraction of sp³-hybridized carbons (Fsp3) is 0.923. The topological polar surface area (TPSA) is 58.4 Å². The Kier molecular flexibility index (Phi) is 5.25. The van der Waals surface area contributed by atoms with Gasteiger partial charge in [-0.05, 0) is 33.6 Å². The van der Waals surface area contributed by atoms with Gasteiger partial charge in [0, 0.05) is 19.1 Å². The lowest BCUT2D eigenvalue weighted by atomic mass is 9.95. The van der Waals surface area contributed by atoms with Crippen LogP contribution in [0.25, 0.3) is 0 Å². The largest absolute Gasteiger partial charge is 0.335 e. The quantitative estimate of drug-likeness (QED) is 0.792. The predicted octanol–water partition coefficient (Wildman–Crippen LogP) is 2.09. The van der Waals surface area contributed by atoms with Gasteiger partial charge in [-0.2, -0.15) is 0 Å². The van der Waals surface area contributed by atoms with Gasteiger partial charge < -0.3 is 16.0 Å². The minimum atomic E-state index is -0.270. The summed E-state index contributed by atoms with van der Waals surface area (Å²) in [5.41, 5.74) is 5.46. The number of nitrogens with one attached hydrogen (secondary N) is 1. The van der Waals surface area contributed by atoms with Crippen LogP contribution in [0.15, 0.2) is 0 Å². The van der Waals surface area contributed by atoms with Gasteiger partial charge in [0.25, 0.3) is 0 Å². The number of nitrogens with zero attached hydrogens (tertiary/aromatic N) is 1. The third kappa shape index (κ3) is 3.87. The van der Waals surface area contributed by atoms with Gasteiger partial charge in [-0.3, -0.25) is 0 Å². The molecule has 3 N–H and O–H groups in total. The lowest BCUT2D eigenvalue weighted by molar-refractivity contribution is 0.138. The molecule has 1 fully saturated rings. The van der Waals surface area contributed by atoms with Gasteiger partial charge in [-0.25, -0.2) is 4.79 Å². The summed E-state index contributed by atoms with van der Waals surface area (Å²) in [4.78, 5) is 14.0. The zero-order valence-corrected chi connectivity index (χ0v) is 11.5. The first-order valence-corrected chi connectivity index (χ1v) is 6.79.